The first-order valence-electron chi connectivity index (χ1n) is 9.35. The molecule has 0 saturated heterocycles. The second-order valence-corrected chi connectivity index (χ2v) is 7.18. The van der Waals surface area contributed by atoms with Gasteiger partial charge in [0, 0.05) is 16.7 Å². The van der Waals surface area contributed by atoms with Gasteiger partial charge in [0.1, 0.15) is 5.75 Å². The lowest BCUT2D eigenvalue weighted by Gasteiger charge is -2.17. The van der Waals surface area contributed by atoms with Gasteiger partial charge in [-0.3, -0.25) is 10.1 Å². The van der Waals surface area contributed by atoms with Gasteiger partial charge in [-0.15, -0.1) is 0 Å². The van der Waals surface area contributed by atoms with Crippen LogP contribution in [0.3, 0.4) is 0 Å². The number of benzene rings is 4. The Balaban J connectivity index is 2.08. The van der Waals surface area contributed by atoms with Crippen LogP contribution in [0.5, 0.6) is 5.75 Å². The minimum Gasteiger partial charge on any atom is -0.497 e. The molecule has 0 bridgehead atoms. The molecule has 4 aromatic rings. The lowest BCUT2D eigenvalue weighted by atomic mass is 9.86. The van der Waals surface area contributed by atoms with Crippen LogP contribution in [-0.2, 0) is 0 Å². The van der Waals surface area contributed by atoms with Crippen LogP contribution in [0.25, 0.3) is 33.4 Å². The van der Waals surface area contributed by atoms with Crippen LogP contribution in [0.1, 0.15) is 0 Å². The fourth-order valence-corrected chi connectivity index (χ4v) is 3.69. The van der Waals surface area contributed by atoms with E-state index in [4.69, 9.17) is 16.3 Å². The molecule has 0 saturated carbocycles. The van der Waals surface area contributed by atoms with E-state index in [9.17, 15) is 10.1 Å². The number of rotatable bonds is 5. The highest BCUT2D eigenvalue weighted by molar-refractivity contribution is 6.30. The molecule has 5 heteroatoms. The summed E-state index contributed by atoms with van der Waals surface area (Å²) in [6.07, 6.45) is 0. The maximum absolute atomic E-state index is 11.9. The topological polar surface area (TPSA) is 52.4 Å². The molecule has 0 aliphatic heterocycles. The summed E-state index contributed by atoms with van der Waals surface area (Å²) in [6.45, 7) is 0. The van der Waals surface area contributed by atoms with Crippen LogP contribution < -0.4 is 4.74 Å². The highest BCUT2D eigenvalue weighted by atomic mass is 35.5. The van der Waals surface area contributed by atoms with Gasteiger partial charge < -0.3 is 4.74 Å². The molecular formula is C25H18ClNO3. The van der Waals surface area contributed by atoms with Gasteiger partial charge in [-0.05, 0) is 52.6 Å². The van der Waals surface area contributed by atoms with Crippen molar-refractivity contribution in [2.75, 3.05) is 7.11 Å². The Morgan fingerprint density at radius 2 is 1.33 bits per heavy atom. The first-order valence-corrected chi connectivity index (χ1v) is 9.73. The normalized spacial score (nSPS) is 10.6. The molecule has 4 nitrogen and oxygen atoms in total. The first-order chi connectivity index (χ1) is 14.6. The lowest BCUT2D eigenvalue weighted by Crippen LogP contribution is -1.97. The molecule has 0 atom stereocenters. The van der Waals surface area contributed by atoms with E-state index in [-0.39, 0.29) is 10.6 Å². The smallest absolute Gasteiger partial charge is 0.277 e. The predicted octanol–water partition coefficient (Wildman–Crippen LogP) is 7.26. The SMILES string of the molecule is COc1ccc(-c2ccc([N+](=O)[O-])c(-c3ccccc3)c2-c2ccc(Cl)cc2)cc1. The van der Waals surface area contributed by atoms with Crippen LogP contribution in [0, 0.1) is 10.1 Å². The number of hydrogen-bond donors (Lipinski definition) is 0. The summed E-state index contributed by atoms with van der Waals surface area (Å²) in [5.74, 6) is 0.747. The highest BCUT2D eigenvalue weighted by Crippen LogP contribution is 2.45. The molecule has 30 heavy (non-hydrogen) atoms. The largest absolute Gasteiger partial charge is 0.497 e. The number of nitro groups is 1. The van der Waals surface area contributed by atoms with Crippen molar-refractivity contribution in [3.05, 3.63) is 106 Å². The van der Waals surface area contributed by atoms with Gasteiger partial charge in [-0.2, -0.15) is 0 Å². The van der Waals surface area contributed by atoms with Crippen molar-refractivity contribution in [2.45, 2.75) is 0 Å². The second kappa shape index (κ2) is 8.39. The molecule has 0 unspecified atom stereocenters. The van der Waals surface area contributed by atoms with E-state index < -0.39 is 0 Å². The maximum atomic E-state index is 11.9. The van der Waals surface area contributed by atoms with E-state index in [1.165, 1.54) is 0 Å². The van der Waals surface area contributed by atoms with Crippen molar-refractivity contribution in [2.24, 2.45) is 0 Å². The standard InChI is InChI=1S/C25H18ClNO3/c1-30-21-13-9-17(10-14-21)22-15-16-23(27(28)29)25(18-5-3-2-4-6-18)24(22)19-7-11-20(26)12-8-19/h2-16H,1H3. The third-order valence-corrected chi connectivity index (χ3v) is 5.23. The van der Waals surface area contributed by atoms with E-state index in [1.54, 1.807) is 31.4 Å². The van der Waals surface area contributed by atoms with Crippen molar-refractivity contribution >= 4 is 17.3 Å². The van der Waals surface area contributed by atoms with Crippen molar-refractivity contribution in [1.29, 1.82) is 0 Å². The fraction of sp³-hybridized carbons (Fsp3) is 0.0400. The van der Waals surface area contributed by atoms with E-state index in [0.29, 0.717) is 10.6 Å². The number of hydrogen-bond acceptors (Lipinski definition) is 3. The molecule has 0 heterocycles. The van der Waals surface area contributed by atoms with Gasteiger partial charge in [0.05, 0.1) is 17.6 Å². The second-order valence-electron chi connectivity index (χ2n) is 6.74. The van der Waals surface area contributed by atoms with Crippen molar-refractivity contribution in [3.63, 3.8) is 0 Å². The Kier molecular flexibility index (Phi) is 5.50. The van der Waals surface area contributed by atoms with E-state index in [0.717, 1.165) is 33.6 Å². The zero-order valence-electron chi connectivity index (χ0n) is 16.2. The Morgan fingerprint density at radius 3 is 1.93 bits per heavy atom. The molecule has 0 fully saturated rings. The van der Waals surface area contributed by atoms with Crippen LogP contribution in [0.4, 0.5) is 5.69 Å². The summed E-state index contributed by atoms with van der Waals surface area (Å²) in [6, 6.07) is 27.8. The number of nitro benzene ring substituents is 1. The average Bonchev–Trinajstić information content (AvgIpc) is 2.79. The zero-order chi connectivity index (χ0) is 21.1. The minimum absolute atomic E-state index is 0.0587. The molecule has 148 valence electrons. The number of nitrogens with zero attached hydrogens (tertiary/aromatic N) is 1. The highest BCUT2D eigenvalue weighted by Gasteiger charge is 2.24. The third-order valence-electron chi connectivity index (χ3n) is 4.98. The number of methoxy groups -OCH3 is 1. The molecule has 0 N–H and O–H groups in total. The van der Waals surface area contributed by atoms with Gasteiger partial charge in [0.2, 0.25) is 0 Å². The maximum Gasteiger partial charge on any atom is 0.277 e. The van der Waals surface area contributed by atoms with Crippen LogP contribution >= 0.6 is 11.6 Å². The van der Waals surface area contributed by atoms with E-state index >= 15 is 0 Å². The monoisotopic (exact) mass is 415 g/mol. The summed E-state index contributed by atoms with van der Waals surface area (Å²) in [5.41, 5.74) is 4.89. The Labute approximate surface area is 179 Å². The molecule has 4 rings (SSSR count). The quantitative estimate of drug-likeness (QED) is 0.254. The van der Waals surface area contributed by atoms with Crippen molar-refractivity contribution in [1.82, 2.24) is 0 Å². The average molecular weight is 416 g/mol. The van der Waals surface area contributed by atoms with Crippen LogP contribution in [-0.4, -0.2) is 12.0 Å². The molecule has 0 aliphatic carbocycles. The zero-order valence-corrected chi connectivity index (χ0v) is 17.0. The fourth-order valence-electron chi connectivity index (χ4n) is 3.57. The van der Waals surface area contributed by atoms with Crippen molar-refractivity contribution in [3.8, 4) is 39.1 Å². The Hall–Kier alpha value is -3.63. The number of halogens is 1. The summed E-state index contributed by atoms with van der Waals surface area (Å²) in [7, 11) is 1.62. The first kappa shape index (κ1) is 19.7. The third kappa shape index (κ3) is 3.78. The van der Waals surface area contributed by atoms with E-state index in [2.05, 4.69) is 0 Å². The Morgan fingerprint density at radius 1 is 0.733 bits per heavy atom. The van der Waals surface area contributed by atoms with Gasteiger partial charge in [0.25, 0.3) is 5.69 Å². The van der Waals surface area contributed by atoms with Crippen LogP contribution in [0.2, 0.25) is 5.02 Å². The Bertz CT molecular complexity index is 1190. The summed E-state index contributed by atoms with van der Waals surface area (Å²) >= 11 is 6.11. The van der Waals surface area contributed by atoms with Gasteiger partial charge in [-0.1, -0.05) is 66.2 Å². The van der Waals surface area contributed by atoms with E-state index in [1.807, 2.05) is 66.7 Å². The molecule has 0 aliphatic rings. The van der Waals surface area contributed by atoms with Gasteiger partial charge >= 0.3 is 0 Å². The summed E-state index contributed by atoms with van der Waals surface area (Å²) in [4.78, 5) is 11.6. The molecular weight excluding hydrogens is 398 g/mol. The molecule has 0 amide bonds. The van der Waals surface area contributed by atoms with Gasteiger partial charge in [0.15, 0.2) is 0 Å². The van der Waals surface area contributed by atoms with Crippen LogP contribution in [0.15, 0.2) is 91.0 Å². The minimum atomic E-state index is -0.334. The summed E-state index contributed by atoms with van der Waals surface area (Å²) < 4.78 is 5.27. The predicted molar refractivity (Wildman–Crippen MR) is 121 cm³/mol. The van der Waals surface area contributed by atoms with Gasteiger partial charge in [-0.25, -0.2) is 0 Å². The molecule has 4 aromatic carbocycles. The van der Waals surface area contributed by atoms with Crippen molar-refractivity contribution < 1.29 is 9.66 Å². The number of ether oxygens (including phenoxy) is 1. The lowest BCUT2D eigenvalue weighted by molar-refractivity contribution is -0.384. The molecule has 0 aromatic heterocycles. The molecule has 0 radical (unpaired) electrons. The molecule has 0 spiro atoms. The summed E-state index contributed by atoms with van der Waals surface area (Å²) in [5, 5.41) is 12.5.